The Morgan fingerprint density at radius 3 is 0.982 bits per heavy atom. The molecule has 0 saturated carbocycles. The molecule has 0 unspecified atom stereocenters. The zero-order valence-electron chi connectivity index (χ0n) is 35.7. The van der Waals surface area contributed by atoms with Gasteiger partial charge in [-0.25, -0.2) is 16.8 Å². The first-order valence-electron chi connectivity index (χ1n) is 21.9. The maximum absolute atomic E-state index is 11.9. The zero-order chi connectivity index (χ0) is 40.8. The Bertz CT molecular complexity index is 1830. The van der Waals surface area contributed by atoms with Crippen molar-refractivity contribution in [2.24, 2.45) is 0 Å². The molecule has 57 heavy (non-hydrogen) atoms. The second kappa shape index (κ2) is 28.3. The normalized spacial score (nSPS) is 11.8. The van der Waals surface area contributed by atoms with E-state index in [0.717, 1.165) is 97.2 Å². The number of benzene rings is 4. The fourth-order valence-corrected chi connectivity index (χ4v) is 9.27. The van der Waals surface area contributed by atoms with Crippen molar-refractivity contribution < 1.29 is 25.9 Å². The van der Waals surface area contributed by atoms with Crippen LogP contribution in [-0.4, -0.2) is 74.8 Å². The molecule has 6 nitrogen and oxygen atoms in total. The van der Waals surface area contributed by atoms with Crippen LogP contribution in [0.4, 0.5) is 0 Å². The Morgan fingerprint density at radius 1 is 0.386 bits per heavy atom. The van der Waals surface area contributed by atoms with E-state index >= 15 is 0 Å². The van der Waals surface area contributed by atoms with Gasteiger partial charge in [0.25, 0.3) is 0 Å². The number of hydrogen-bond donors (Lipinski definition) is 0. The summed E-state index contributed by atoms with van der Waals surface area (Å²) in [5.74, 6) is 0. The van der Waals surface area contributed by atoms with Gasteiger partial charge in [-0.3, -0.25) is 0 Å². The van der Waals surface area contributed by atoms with Gasteiger partial charge in [0.05, 0.1) is 9.79 Å². The first-order valence-corrected chi connectivity index (χ1v) is 24.8. The minimum absolute atomic E-state index is 0. The number of aryl methyl sites for hydroxylation is 4. The van der Waals surface area contributed by atoms with Crippen LogP contribution in [0.5, 0.6) is 0 Å². The van der Waals surface area contributed by atoms with Gasteiger partial charge in [-0.15, -0.1) is 0 Å². The van der Waals surface area contributed by atoms with Crippen LogP contribution >= 0.6 is 0 Å². The van der Waals surface area contributed by atoms with Crippen LogP contribution in [0.1, 0.15) is 178 Å². The summed E-state index contributed by atoms with van der Waals surface area (Å²) < 4.78 is 71.4. The van der Waals surface area contributed by atoms with E-state index < -0.39 is 20.2 Å². The van der Waals surface area contributed by atoms with Crippen molar-refractivity contribution in [3.05, 3.63) is 82.9 Å². The summed E-state index contributed by atoms with van der Waals surface area (Å²) in [6.07, 6.45) is 27.2. The van der Waals surface area contributed by atoms with Crippen molar-refractivity contribution in [3.63, 3.8) is 0 Å². The molecule has 0 heterocycles. The Hall–Kier alpha value is -1.21. The van der Waals surface area contributed by atoms with Crippen LogP contribution < -0.4 is 0 Å². The number of hydrogen-bond acceptors (Lipinski definition) is 6. The molecular weight excluding hydrogens is 874 g/mol. The standard InChI is InChI=1S/2C24H36O3S.Ba/c2*1-3-5-7-9-11-14-20-18-23-21(15-12-10-8-6-4-2)16-13-17-22(23)24(19-20)28(25,26)27;/h2*13,16-19H,3-12,14-15H2,1-2H3,(H,25,26,27);/q;;+2/p-2. The van der Waals surface area contributed by atoms with E-state index in [9.17, 15) is 25.9 Å². The molecule has 0 aliphatic heterocycles. The molecule has 9 heteroatoms. The van der Waals surface area contributed by atoms with Crippen molar-refractivity contribution in [1.29, 1.82) is 0 Å². The molecule has 4 aromatic rings. The summed E-state index contributed by atoms with van der Waals surface area (Å²) in [7, 11) is -8.98. The van der Waals surface area contributed by atoms with E-state index in [1.165, 1.54) is 89.9 Å². The van der Waals surface area contributed by atoms with Crippen molar-refractivity contribution in [3.8, 4) is 0 Å². The molecule has 0 aliphatic rings. The van der Waals surface area contributed by atoms with Crippen LogP contribution in [-0.2, 0) is 45.9 Å². The molecule has 4 rings (SSSR count). The third kappa shape index (κ3) is 18.5. The largest absolute Gasteiger partial charge is 2.00 e. The summed E-state index contributed by atoms with van der Waals surface area (Å²) in [6, 6.07) is 18.9. The first kappa shape index (κ1) is 51.9. The van der Waals surface area contributed by atoms with E-state index in [0.29, 0.717) is 10.8 Å². The van der Waals surface area contributed by atoms with Crippen molar-refractivity contribution in [2.45, 2.75) is 192 Å². The topological polar surface area (TPSA) is 114 Å². The third-order valence-corrected chi connectivity index (χ3v) is 12.7. The summed E-state index contributed by atoms with van der Waals surface area (Å²) in [6.45, 7) is 8.80. The Morgan fingerprint density at radius 2 is 0.684 bits per heavy atom. The Balaban J connectivity index is 0.000000387. The second-order valence-corrected chi connectivity index (χ2v) is 18.5. The first-order chi connectivity index (χ1) is 26.9. The summed E-state index contributed by atoms with van der Waals surface area (Å²) >= 11 is 0. The zero-order valence-corrected chi connectivity index (χ0v) is 41.8. The fraction of sp³-hybridized carbons (Fsp3) is 0.583. The average Bonchev–Trinajstić information content (AvgIpc) is 3.16. The predicted molar refractivity (Wildman–Crippen MR) is 239 cm³/mol. The Kier molecular flexibility index (Phi) is 25.8. The van der Waals surface area contributed by atoms with E-state index in [2.05, 4.69) is 52.0 Å². The molecule has 0 radical (unpaired) electrons. The molecule has 0 fully saturated rings. The Labute approximate surface area is 387 Å². The quantitative estimate of drug-likeness (QED) is 0.0352. The van der Waals surface area contributed by atoms with Crippen LogP contribution in [0.3, 0.4) is 0 Å². The maximum Gasteiger partial charge on any atom is 2.00 e. The van der Waals surface area contributed by atoms with Gasteiger partial charge in [0.2, 0.25) is 0 Å². The fourth-order valence-electron chi connectivity index (χ4n) is 7.78. The molecular formula is C48H70BaO6S2. The van der Waals surface area contributed by atoms with Crippen molar-refractivity contribution in [2.75, 3.05) is 0 Å². The molecule has 0 bridgehead atoms. The van der Waals surface area contributed by atoms with Gasteiger partial charge < -0.3 is 9.11 Å². The van der Waals surface area contributed by atoms with Gasteiger partial charge in [0.15, 0.2) is 0 Å². The monoisotopic (exact) mass is 944 g/mol. The van der Waals surface area contributed by atoms with Crippen molar-refractivity contribution >= 4 is 90.7 Å². The van der Waals surface area contributed by atoms with Crippen LogP contribution in [0, 0.1) is 0 Å². The van der Waals surface area contributed by atoms with Crippen molar-refractivity contribution in [1.82, 2.24) is 0 Å². The molecule has 0 spiro atoms. The summed E-state index contributed by atoms with van der Waals surface area (Å²) in [4.78, 5) is -0.109. The molecule has 0 aromatic heterocycles. The number of fused-ring (bicyclic) bond motifs is 2. The average molecular weight is 945 g/mol. The SMILES string of the molecule is CCCCCCCc1cc(S(=O)(=O)[O-])c2cccc(CCCCCCC)c2c1.CCCCCCCc1cc(S(=O)(=O)[O-])c2cccc(CCCCCCC)c2c1.[Ba+2]. The van der Waals surface area contributed by atoms with Gasteiger partial charge in [-0.05, 0) is 107 Å². The van der Waals surface area contributed by atoms with Gasteiger partial charge in [-0.2, -0.15) is 0 Å². The molecule has 0 saturated heterocycles. The third-order valence-electron chi connectivity index (χ3n) is 11.0. The molecule has 4 aromatic carbocycles. The molecule has 0 N–H and O–H groups in total. The summed E-state index contributed by atoms with van der Waals surface area (Å²) in [5.41, 5.74) is 4.26. The van der Waals surface area contributed by atoms with E-state index in [-0.39, 0.29) is 58.7 Å². The minimum atomic E-state index is -4.49. The van der Waals surface area contributed by atoms with E-state index in [1.54, 1.807) is 24.3 Å². The van der Waals surface area contributed by atoms with Crippen LogP contribution in [0.15, 0.2) is 70.5 Å². The van der Waals surface area contributed by atoms with Gasteiger partial charge in [0.1, 0.15) is 20.2 Å². The van der Waals surface area contributed by atoms with E-state index in [4.69, 9.17) is 0 Å². The maximum atomic E-state index is 11.9. The van der Waals surface area contributed by atoms with E-state index in [1.807, 2.05) is 12.1 Å². The molecule has 0 amide bonds. The molecule has 312 valence electrons. The number of rotatable bonds is 26. The van der Waals surface area contributed by atoms with Crippen LogP contribution in [0.25, 0.3) is 21.5 Å². The van der Waals surface area contributed by atoms with Gasteiger partial charge in [0, 0.05) is 0 Å². The predicted octanol–water partition coefficient (Wildman–Crippen LogP) is 13.2. The smallest absolute Gasteiger partial charge is 0.744 e. The molecule has 0 atom stereocenters. The second-order valence-electron chi connectivity index (χ2n) is 15.8. The minimum Gasteiger partial charge on any atom is -0.744 e. The summed E-state index contributed by atoms with van der Waals surface area (Å²) in [5, 5.41) is 3.04. The van der Waals surface area contributed by atoms with Crippen LogP contribution in [0.2, 0.25) is 0 Å². The van der Waals surface area contributed by atoms with Gasteiger partial charge in [-0.1, -0.05) is 179 Å². The number of unbranched alkanes of at least 4 members (excludes halogenated alkanes) is 16. The molecule has 0 aliphatic carbocycles. The van der Waals surface area contributed by atoms with Gasteiger partial charge >= 0.3 is 48.9 Å².